The van der Waals surface area contributed by atoms with Gasteiger partial charge in [-0.3, -0.25) is 10.1 Å². The fourth-order valence-electron chi connectivity index (χ4n) is 2.25. The summed E-state index contributed by atoms with van der Waals surface area (Å²) < 4.78 is 0. The quantitative estimate of drug-likeness (QED) is 0.581. The number of para-hydroxylation sites is 1. The van der Waals surface area contributed by atoms with E-state index in [9.17, 15) is 10.1 Å². The molecule has 21 heavy (non-hydrogen) atoms. The Labute approximate surface area is 125 Å². The number of benzene rings is 1. The number of non-ortho nitro benzene ring substituents is 1. The molecule has 6 heteroatoms. The molecule has 0 aliphatic heterocycles. The molecule has 0 bridgehead atoms. The highest BCUT2D eigenvalue weighted by molar-refractivity contribution is 7.07. The van der Waals surface area contributed by atoms with Crippen molar-refractivity contribution < 1.29 is 4.92 Å². The molecular weight excluding hydrogens is 286 g/mol. The smallest absolute Gasteiger partial charge is 0.295 e. The summed E-state index contributed by atoms with van der Waals surface area (Å²) in [5.41, 5.74) is 3.27. The van der Waals surface area contributed by atoms with Gasteiger partial charge in [-0.05, 0) is 35.4 Å². The summed E-state index contributed by atoms with van der Waals surface area (Å²) in [6, 6.07) is 8.99. The number of nitro groups is 1. The summed E-state index contributed by atoms with van der Waals surface area (Å²) in [4.78, 5) is 15.1. The molecular formula is C15H13N3O2S. The zero-order valence-corrected chi connectivity index (χ0v) is 12.2. The van der Waals surface area contributed by atoms with Crippen molar-refractivity contribution in [2.45, 2.75) is 13.5 Å². The first-order valence-electron chi connectivity index (χ1n) is 6.45. The Hall–Kier alpha value is -2.47. The third kappa shape index (κ3) is 2.71. The maximum absolute atomic E-state index is 11.1. The summed E-state index contributed by atoms with van der Waals surface area (Å²) in [6.45, 7) is 2.52. The molecule has 1 aromatic carbocycles. The Morgan fingerprint density at radius 1 is 1.38 bits per heavy atom. The summed E-state index contributed by atoms with van der Waals surface area (Å²) in [5.74, 6) is 0. The maximum atomic E-state index is 11.1. The first-order chi connectivity index (χ1) is 10.1. The van der Waals surface area contributed by atoms with Gasteiger partial charge in [0, 0.05) is 29.4 Å². The molecule has 0 fully saturated rings. The van der Waals surface area contributed by atoms with Crippen molar-refractivity contribution >= 4 is 33.6 Å². The fraction of sp³-hybridized carbons (Fsp3) is 0.133. The van der Waals surface area contributed by atoms with E-state index >= 15 is 0 Å². The van der Waals surface area contributed by atoms with E-state index in [4.69, 9.17) is 0 Å². The Kier molecular flexibility index (Phi) is 3.53. The van der Waals surface area contributed by atoms with Crippen LogP contribution in [0.1, 0.15) is 11.3 Å². The Morgan fingerprint density at radius 2 is 2.24 bits per heavy atom. The largest absolute Gasteiger partial charge is 0.380 e. The van der Waals surface area contributed by atoms with Crippen molar-refractivity contribution in [3.8, 4) is 0 Å². The van der Waals surface area contributed by atoms with Crippen LogP contribution in [0.2, 0.25) is 0 Å². The van der Waals surface area contributed by atoms with Gasteiger partial charge < -0.3 is 5.32 Å². The molecule has 0 spiro atoms. The standard InChI is InChI=1S/C15H13N3O2S/c1-10-7-13(16-8-11-5-6-21-9-11)12-3-2-4-14(18(19)20)15(12)17-10/h2-7,9H,8H2,1H3,(H,16,17). The SMILES string of the molecule is Cc1cc(NCc2ccsc2)c2cccc([N+](=O)[O-])c2n1. The topological polar surface area (TPSA) is 68.1 Å². The summed E-state index contributed by atoms with van der Waals surface area (Å²) in [7, 11) is 0. The molecule has 0 aliphatic carbocycles. The highest BCUT2D eigenvalue weighted by Gasteiger charge is 2.15. The number of rotatable bonds is 4. The molecule has 106 valence electrons. The lowest BCUT2D eigenvalue weighted by Gasteiger charge is -2.10. The third-order valence-corrected chi connectivity index (χ3v) is 3.94. The molecule has 0 amide bonds. The van der Waals surface area contributed by atoms with Gasteiger partial charge in [0.1, 0.15) is 0 Å². The summed E-state index contributed by atoms with van der Waals surface area (Å²) in [6.07, 6.45) is 0. The number of fused-ring (bicyclic) bond motifs is 1. The van der Waals surface area contributed by atoms with Crippen LogP contribution in [0.25, 0.3) is 10.9 Å². The van der Waals surface area contributed by atoms with Crippen molar-refractivity contribution in [3.05, 3.63) is 62.5 Å². The van der Waals surface area contributed by atoms with Gasteiger partial charge in [-0.25, -0.2) is 4.98 Å². The molecule has 0 saturated heterocycles. The monoisotopic (exact) mass is 299 g/mol. The Bertz CT molecular complexity index is 800. The Balaban J connectivity index is 2.05. The van der Waals surface area contributed by atoms with Crippen LogP contribution < -0.4 is 5.32 Å². The molecule has 3 aromatic rings. The molecule has 0 aliphatic rings. The minimum Gasteiger partial charge on any atom is -0.380 e. The van der Waals surface area contributed by atoms with E-state index in [-0.39, 0.29) is 5.69 Å². The first kappa shape index (κ1) is 13.5. The molecule has 5 nitrogen and oxygen atoms in total. The van der Waals surface area contributed by atoms with Crippen LogP contribution in [-0.2, 0) is 6.54 Å². The minimum absolute atomic E-state index is 0.0368. The van der Waals surface area contributed by atoms with Crippen LogP contribution in [-0.4, -0.2) is 9.91 Å². The van der Waals surface area contributed by atoms with Crippen molar-refractivity contribution in [1.29, 1.82) is 0 Å². The molecule has 0 unspecified atom stereocenters. The molecule has 2 aromatic heterocycles. The van der Waals surface area contributed by atoms with Crippen molar-refractivity contribution in [2.75, 3.05) is 5.32 Å². The highest BCUT2D eigenvalue weighted by atomic mass is 32.1. The van der Waals surface area contributed by atoms with Crippen molar-refractivity contribution in [3.63, 3.8) is 0 Å². The predicted molar refractivity (Wildman–Crippen MR) is 84.8 cm³/mol. The highest BCUT2D eigenvalue weighted by Crippen LogP contribution is 2.30. The normalized spacial score (nSPS) is 10.7. The van der Waals surface area contributed by atoms with E-state index in [1.54, 1.807) is 17.4 Å². The van der Waals surface area contributed by atoms with Gasteiger partial charge in [0.2, 0.25) is 0 Å². The molecule has 3 rings (SSSR count). The summed E-state index contributed by atoms with van der Waals surface area (Å²) >= 11 is 1.65. The number of aryl methyl sites for hydroxylation is 1. The lowest BCUT2D eigenvalue weighted by atomic mass is 10.1. The molecule has 0 saturated carbocycles. The van der Waals surface area contributed by atoms with E-state index in [1.807, 2.05) is 24.4 Å². The van der Waals surface area contributed by atoms with Gasteiger partial charge in [0.25, 0.3) is 5.69 Å². The molecule has 2 heterocycles. The predicted octanol–water partition coefficient (Wildman–Crippen LogP) is 4.13. The lowest BCUT2D eigenvalue weighted by Crippen LogP contribution is -2.01. The van der Waals surface area contributed by atoms with Gasteiger partial charge in [-0.2, -0.15) is 11.3 Å². The zero-order valence-electron chi connectivity index (χ0n) is 11.4. The van der Waals surface area contributed by atoms with Gasteiger partial charge in [-0.1, -0.05) is 12.1 Å². The van der Waals surface area contributed by atoms with Gasteiger partial charge in [0.05, 0.1) is 4.92 Å². The minimum atomic E-state index is -0.391. The van der Waals surface area contributed by atoms with Crippen LogP contribution in [0.4, 0.5) is 11.4 Å². The van der Waals surface area contributed by atoms with Gasteiger partial charge in [-0.15, -0.1) is 0 Å². The number of thiophene rings is 1. The molecule has 1 N–H and O–H groups in total. The summed E-state index contributed by atoms with van der Waals surface area (Å²) in [5, 5.41) is 19.3. The van der Waals surface area contributed by atoms with E-state index in [1.165, 1.54) is 11.6 Å². The van der Waals surface area contributed by atoms with E-state index in [0.29, 0.717) is 12.1 Å². The number of nitro benzene ring substituents is 1. The molecule has 0 radical (unpaired) electrons. The van der Waals surface area contributed by atoms with Gasteiger partial charge in [0.15, 0.2) is 5.52 Å². The Morgan fingerprint density at radius 3 is 2.95 bits per heavy atom. The average Bonchev–Trinajstić information content (AvgIpc) is 2.97. The second-order valence-corrected chi connectivity index (χ2v) is 5.51. The first-order valence-corrected chi connectivity index (χ1v) is 7.39. The van der Waals surface area contributed by atoms with Crippen LogP contribution in [0.15, 0.2) is 41.1 Å². The van der Waals surface area contributed by atoms with Crippen LogP contribution in [0, 0.1) is 17.0 Å². The second kappa shape index (κ2) is 5.49. The zero-order chi connectivity index (χ0) is 14.8. The second-order valence-electron chi connectivity index (χ2n) is 4.73. The van der Waals surface area contributed by atoms with Crippen molar-refractivity contribution in [1.82, 2.24) is 4.98 Å². The van der Waals surface area contributed by atoms with Crippen molar-refractivity contribution in [2.24, 2.45) is 0 Å². The maximum Gasteiger partial charge on any atom is 0.295 e. The number of hydrogen-bond donors (Lipinski definition) is 1. The fourth-order valence-corrected chi connectivity index (χ4v) is 2.91. The van der Waals surface area contributed by atoms with Gasteiger partial charge >= 0.3 is 0 Å². The number of nitrogens with one attached hydrogen (secondary N) is 1. The lowest BCUT2D eigenvalue weighted by molar-refractivity contribution is -0.383. The average molecular weight is 299 g/mol. The number of nitrogens with zero attached hydrogens (tertiary/aromatic N) is 2. The van der Waals surface area contributed by atoms with Crippen LogP contribution in [0.5, 0.6) is 0 Å². The number of aromatic nitrogens is 1. The number of anilines is 1. The molecule has 0 atom stereocenters. The van der Waals surface area contributed by atoms with Crippen LogP contribution >= 0.6 is 11.3 Å². The van der Waals surface area contributed by atoms with E-state index < -0.39 is 4.92 Å². The third-order valence-electron chi connectivity index (χ3n) is 3.21. The van der Waals surface area contributed by atoms with Crippen LogP contribution in [0.3, 0.4) is 0 Å². The van der Waals surface area contributed by atoms with E-state index in [2.05, 4.69) is 21.7 Å². The van der Waals surface area contributed by atoms with E-state index in [0.717, 1.165) is 16.8 Å². The number of hydrogen-bond acceptors (Lipinski definition) is 5. The number of pyridine rings is 1.